The van der Waals surface area contributed by atoms with Crippen molar-refractivity contribution in [3.63, 3.8) is 0 Å². The second kappa shape index (κ2) is 6.85. The molecule has 1 amide bonds. The molecule has 2 N–H and O–H groups in total. The SMILES string of the molecule is COc1ccc(C(=O)NC(=S)Nc2ccccc2C)cc1. The fraction of sp³-hybridized carbons (Fsp3) is 0.125. The lowest BCUT2D eigenvalue weighted by atomic mass is 10.2. The smallest absolute Gasteiger partial charge is 0.257 e. The number of rotatable bonds is 3. The summed E-state index contributed by atoms with van der Waals surface area (Å²) in [5.74, 6) is 0.441. The molecule has 0 heterocycles. The van der Waals surface area contributed by atoms with E-state index in [0.717, 1.165) is 11.3 Å². The van der Waals surface area contributed by atoms with Gasteiger partial charge in [0.1, 0.15) is 5.75 Å². The van der Waals surface area contributed by atoms with Crippen molar-refractivity contribution in [1.82, 2.24) is 5.32 Å². The first-order valence-electron chi connectivity index (χ1n) is 6.42. The summed E-state index contributed by atoms with van der Waals surface area (Å²) < 4.78 is 5.05. The predicted molar refractivity (Wildman–Crippen MR) is 87.9 cm³/mol. The van der Waals surface area contributed by atoms with E-state index in [1.54, 1.807) is 31.4 Å². The fourth-order valence-corrected chi connectivity index (χ4v) is 1.99. The number of thiocarbonyl (C=S) groups is 1. The van der Waals surface area contributed by atoms with Gasteiger partial charge in [0, 0.05) is 11.3 Å². The molecule has 4 nitrogen and oxygen atoms in total. The van der Waals surface area contributed by atoms with Crippen molar-refractivity contribution in [2.45, 2.75) is 6.92 Å². The largest absolute Gasteiger partial charge is 0.497 e. The van der Waals surface area contributed by atoms with Crippen molar-refractivity contribution in [3.05, 3.63) is 59.7 Å². The molecule has 0 fully saturated rings. The number of para-hydroxylation sites is 1. The number of carbonyl (C=O) groups is 1. The van der Waals surface area contributed by atoms with Crippen LogP contribution in [-0.2, 0) is 0 Å². The molecule has 0 saturated carbocycles. The van der Waals surface area contributed by atoms with Gasteiger partial charge in [0.2, 0.25) is 0 Å². The van der Waals surface area contributed by atoms with Crippen LogP contribution in [0, 0.1) is 6.92 Å². The normalized spacial score (nSPS) is 9.81. The Balaban J connectivity index is 1.98. The Morgan fingerprint density at radius 2 is 1.76 bits per heavy atom. The molecule has 0 unspecified atom stereocenters. The number of anilines is 1. The summed E-state index contributed by atoms with van der Waals surface area (Å²) in [6.07, 6.45) is 0. The molecule has 5 heteroatoms. The van der Waals surface area contributed by atoms with Crippen molar-refractivity contribution in [3.8, 4) is 5.75 Å². The maximum absolute atomic E-state index is 12.1. The third-order valence-corrected chi connectivity index (χ3v) is 3.18. The molecular weight excluding hydrogens is 284 g/mol. The molecule has 0 saturated heterocycles. The molecular formula is C16H16N2O2S. The van der Waals surface area contributed by atoms with Gasteiger partial charge < -0.3 is 10.1 Å². The van der Waals surface area contributed by atoms with Crippen LogP contribution in [-0.4, -0.2) is 18.1 Å². The highest BCUT2D eigenvalue weighted by molar-refractivity contribution is 7.80. The Hall–Kier alpha value is -2.40. The monoisotopic (exact) mass is 300 g/mol. The highest BCUT2D eigenvalue weighted by atomic mass is 32.1. The minimum Gasteiger partial charge on any atom is -0.497 e. The second-order valence-electron chi connectivity index (χ2n) is 4.45. The number of carbonyl (C=O) groups excluding carboxylic acids is 1. The Morgan fingerprint density at radius 3 is 2.38 bits per heavy atom. The third kappa shape index (κ3) is 4.03. The standard InChI is InChI=1S/C16H16N2O2S/c1-11-5-3-4-6-14(11)17-16(21)18-15(19)12-7-9-13(20-2)10-8-12/h3-10H,1-2H3,(H2,17,18,19,21). The number of benzene rings is 2. The number of amides is 1. The van der Waals surface area contributed by atoms with Gasteiger partial charge in [-0.2, -0.15) is 0 Å². The van der Waals surface area contributed by atoms with Crippen LogP contribution in [0.1, 0.15) is 15.9 Å². The summed E-state index contributed by atoms with van der Waals surface area (Å²) in [6, 6.07) is 14.6. The van der Waals surface area contributed by atoms with Crippen molar-refractivity contribution in [1.29, 1.82) is 0 Å². The molecule has 0 bridgehead atoms. The molecule has 0 aromatic heterocycles. The zero-order valence-electron chi connectivity index (χ0n) is 11.8. The van der Waals surface area contributed by atoms with Gasteiger partial charge >= 0.3 is 0 Å². The van der Waals surface area contributed by atoms with E-state index in [-0.39, 0.29) is 11.0 Å². The molecule has 2 rings (SSSR count). The number of ether oxygens (including phenoxy) is 1. The van der Waals surface area contributed by atoms with E-state index in [4.69, 9.17) is 17.0 Å². The van der Waals surface area contributed by atoms with Gasteiger partial charge in [-0.3, -0.25) is 10.1 Å². The topological polar surface area (TPSA) is 50.4 Å². The van der Waals surface area contributed by atoms with Gasteiger partial charge in [0.15, 0.2) is 5.11 Å². The average Bonchev–Trinajstić information content (AvgIpc) is 2.49. The molecule has 0 spiro atoms. The lowest BCUT2D eigenvalue weighted by Crippen LogP contribution is -2.34. The van der Waals surface area contributed by atoms with Crippen LogP contribution in [0.15, 0.2) is 48.5 Å². The van der Waals surface area contributed by atoms with E-state index in [2.05, 4.69) is 10.6 Å². The van der Waals surface area contributed by atoms with Crippen LogP contribution < -0.4 is 15.4 Å². The van der Waals surface area contributed by atoms with Crippen LogP contribution in [0.4, 0.5) is 5.69 Å². The summed E-state index contributed by atoms with van der Waals surface area (Å²) in [7, 11) is 1.58. The molecule has 0 aliphatic heterocycles. The van der Waals surface area contributed by atoms with E-state index in [1.807, 2.05) is 31.2 Å². The maximum atomic E-state index is 12.1. The van der Waals surface area contributed by atoms with Gasteiger partial charge in [0.25, 0.3) is 5.91 Å². The maximum Gasteiger partial charge on any atom is 0.257 e. The second-order valence-corrected chi connectivity index (χ2v) is 4.86. The minimum atomic E-state index is -0.260. The van der Waals surface area contributed by atoms with Crippen LogP contribution in [0.3, 0.4) is 0 Å². The summed E-state index contributed by atoms with van der Waals surface area (Å²) in [5.41, 5.74) is 2.45. The van der Waals surface area contributed by atoms with Gasteiger partial charge in [-0.15, -0.1) is 0 Å². The Bertz CT molecular complexity index is 654. The van der Waals surface area contributed by atoms with Crippen molar-refractivity contribution >= 4 is 28.9 Å². The quantitative estimate of drug-likeness (QED) is 0.855. The lowest BCUT2D eigenvalue weighted by molar-refractivity contribution is 0.0977. The van der Waals surface area contributed by atoms with E-state index in [9.17, 15) is 4.79 Å². The number of methoxy groups -OCH3 is 1. The van der Waals surface area contributed by atoms with Gasteiger partial charge in [-0.25, -0.2) is 0 Å². The lowest BCUT2D eigenvalue weighted by Gasteiger charge is -2.11. The van der Waals surface area contributed by atoms with Crippen LogP contribution in [0.2, 0.25) is 0 Å². The zero-order chi connectivity index (χ0) is 15.2. The molecule has 0 radical (unpaired) electrons. The van der Waals surface area contributed by atoms with Crippen LogP contribution in [0.5, 0.6) is 5.75 Å². The van der Waals surface area contributed by atoms with Crippen molar-refractivity contribution in [2.75, 3.05) is 12.4 Å². The third-order valence-electron chi connectivity index (χ3n) is 2.97. The van der Waals surface area contributed by atoms with Crippen LogP contribution >= 0.6 is 12.2 Å². The first-order chi connectivity index (χ1) is 10.1. The van der Waals surface area contributed by atoms with Gasteiger partial charge in [-0.1, -0.05) is 18.2 Å². The Morgan fingerprint density at radius 1 is 1.10 bits per heavy atom. The summed E-state index contributed by atoms with van der Waals surface area (Å²) in [6.45, 7) is 1.97. The summed E-state index contributed by atoms with van der Waals surface area (Å²) in [4.78, 5) is 12.1. The van der Waals surface area contributed by atoms with Crippen molar-refractivity contribution < 1.29 is 9.53 Å². The number of nitrogens with one attached hydrogen (secondary N) is 2. The van der Waals surface area contributed by atoms with Gasteiger partial charge in [0.05, 0.1) is 7.11 Å². The number of hydrogen-bond donors (Lipinski definition) is 2. The summed E-state index contributed by atoms with van der Waals surface area (Å²) >= 11 is 5.15. The van der Waals surface area contributed by atoms with E-state index in [1.165, 1.54) is 0 Å². The first-order valence-corrected chi connectivity index (χ1v) is 6.83. The molecule has 108 valence electrons. The molecule has 2 aromatic carbocycles. The van der Waals surface area contributed by atoms with E-state index < -0.39 is 0 Å². The van der Waals surface area contributed by atoms with Crippen molar-refractivity contribution in [2.24, 2.45) is 0 Å². The first kappa shape index (κ1) is 15.0. The number of hydrogen-bond acceptors (Lipinski definition) is 3. The predicted octanol–water partition coefficient (Wildman–Crippen LogP) is 3.13. The minimum absolute atomic E-state index is 0.260. The van der Waals surface area contributed by atoms with Crippen LogP contribution in [0.25, 0.3) is 0 Å². The zero-order valence-corrected chi connectivity index (χ0v) is 12.7. The van der Waals surface area contributed by atoms with E-state index >= 15 is 0 Å². The molecule has 0 atom stereocenters. The fourth-order valence-electron chi connectivity index (χ4n) is 1.78. The number of aryl methyl sites for hydroxylation is 1. The Kier molecular flexibility index (Phi) is 4.90. The van der Waals surface area contributed by atoms with E-state index in [0.29, 0.717) is 11.3 Å². The van der Waals surface area contributed by atoms with Gasteiger partial charge in [-0.05, 0) is 55.0 Å². The average molecular weight is 300 g/mol. The highest BCUT2D eigenvalue weighted by Crippen LogP contribution is 2.13. The molecule has 0 aliphatic carbocycles. The summed E-state index contributed by atoms with van der Waals surface area (Å²) in [5, 5.41) is 5.93. The molecule has 21 heavy (non-hydrogen) atoms. The molecule has 2 aromatic rings. The molecule has 0 aliphatic rings. The Labute approximate surface area is 129 Å². The highest BCUT2D eigenvalue weighted by Gasteiger charge is 2.08.